The van der Waals surface area contributed by atoms with Crippen molar-refractivity contribution in [1.29, 1.82) is 0 Å². The third-order valence-corrected chi connectivity index (χ3v) is 2.79. The van der Waals surface area contributed by atoms with Gasteiger partial charge in [0.25, 0.3) is 0 Å². The average Bonchev–Trinajstić information content (AvgIpc) is 1.79. The summed E-state index contributed by atoms with van der Waals surface area (Å²) in [7, 11) is -3.06. The highest BCUT2D eigenvalue weighted by Crippen LogP contribution is 2.15. The standard InChI is InChI=1S/C5H8O3S/c1-4-2-9(7,8)3-5(4)6/h2,5-6H,3H2,1H3. The van der Waals surface area contributed by atoms with Gasteiger partial charge >= 0.3 is 0 Å². The first-order valence-electron chi connectivity index (χ1n) is 2.60. The Hall–Kier alpha value is -0.350. The Morgan fingerprint density at radius 2 is 2.33 bits per heavy atom. The zero-order chi connectivity index (χ0) is 7.07. The molecule has 0 amide bonds. The van der Waals surface area contributed by atoms with Crippen LogP contribution in [0, 0.1) is 0 Å². The third-order valence-electron chi connectivity index (χ3n) is 1.28. The summed E-state index contributed by atoms with van der Waals surface area (Å²) in [5, 5.41) is 10.0. The number of aliphatic hydroxyl groups is 1. The van der Waals surface area contributed by atoms with Crippen molar-refractivity contribution in [2.24, 2.45) is 0 Å². The molecule has 0 saturated heterocycles. The second-order valence-corrected chi connectivity index (χ2v) is 4.10. The van der Waals surface area contributed by atoms with Crippen LogP contribution in [0.25, 0.3) is 0 Å². The lowest BCUT2D eigenvalue weighted by Gasteiger charge is -1.96. The van der Waals surface area contributed by atoms with Gasteiger partial charge in [-0.05, 0) is 12.5 Å². The number of hydrogen-bond acceptors (Lipinski definition) is 3. The lowest BCUT2D eigenvalue weighted by atomic mass is 10.2. The fraction of sp³-hybridized carbons (Fsp3) is 0.600. The molecule has 1 unspecified atom stereocenters. The molecule has 4 heteroatoms. The first kappa shape index (κ1) is 6.77. The molecule has 1 atom stereocenters. The van der Waals surface area contributed by atoms with E-state index < -0.39 is 15.9 Å². The fourth-order valence-corrected chi connectivity index (χ4v) is 2.28. The van der Waals surface area contributed by atoms with Crippen LogP contribution in [0.5, 0.6) is 0 Å². The molecule has 3 nitrogen and oxygen atoms in total. The Kier molecular flexibility index (Phi) is 1.36. The lowest BCUT2D eigenvalue weighted by Crippen LogP contribution is -2.11. The van der Waals surface area contributed by atoms with Crippen LogP contribution >= 0.6 is 0 Å². The fourth-order valence-electron chi connectivity index (χ4n) is 0.761. The van der Waals surface area contributed by atoms with Crippen LogP contribution in [0.15, 0.2) is 11.0 Å². The van der Waals surface area contributed by atoms with Gasteiger partial charge in [0, 0.05) is 5.41 Å². The van der Waals surface area contributed by atoms with E-state index in [9.17, 15) is 8.42 Å². The van der Waals surface area contributed by atoms with Crippen LogP contribution in [-0.2, 0) is 9.84 Å². The molecule has 9 heavy (non-hydrogen) atoms. The van der Waals surface area contributed by atoms with E-state index in [1.807, 2.05) is 0 Å². The largest absolute Gasteiger partial charge is 0.388 e. The molecule has 0 radical (unpaired) electrons. The molecule has 0 aromatic heterocycles. The molecule has 1 N–H and O–H groups in total. The summed E-state index contributed by atoms with van der Waals surface area (Å²) in [6.45, 7) is 1.61. The third kappa shape index (κ3) is 1.31. The molecule has 0 aromatic rings. The maximum atomic E-state index is 10.6. The van der Waals surface area contributed by atoms with Crippen molar-refractivity contribution < 1.29 is 13.5 Å². The van der Waals surface area contributed by atoms with Crippen LogP contribution in [0.1, 0.15) is 6.92 Å². The van der Waals surface area contributed by atoms with E-state index in [1.54, 1.807) is 6.92 Å². The van der Waals surface area contributed by atoms with Crippen molar-refractivity contribution in [2.45, 2.75) is 13.0 Å². The van der Waals surface area contributed by atoms with Crippen LogP contribution in [-0.4, -0.2) is 25.4 Å². The molecule has 1 aliphatic rings. The predicted octanol–water partition coefficient (Wildman–Crippen LogP) is -0.320. The number of aliphatic hydroxyl groups excluding tert-OH is 1. The van der Waals surface area contributed by atoms with Gasteiger partial charge in [0.2, 0.25) is 0 Å². The Morgan fingerprint density at radius 1 is 1.78 bits per heavy atom. The van der Waals surface area contributed by atoms with Gasteiger partial charge in [-0.25, -0.2) is 8.42 Å². The van der Waals surface area contributed by atoms with Gasteiger partial charge in [-0.2, -0.15) is 0 Å². The molecular weight excluding hydrogens is 140 g/mol. The minimum Gasteiger partial charge on any atom is -0.388 e. The zero-order valence-corrected chi connectivity index (χ0v) is 5.85. The quantitative estimate of drug-likeness (QED) is 0.512. The maximum absolute atomic E-state index is 10.6. The van der Waals surface area contributed by atoms with Gasteiger partial charge in [0.15, 0.2) is 9.84 Å². The van der Waals surface area contributed by atoms with E-state index in [1.165, 1.54) is 0 Å². The van der Waals surface area contributed by atoms with Crippen molar-refractivity contribution in [3.8, 4) is 0 Å². The first-order valence-corrected chi connectivity index (χ1v) is 4.32. The molecule has 1 rings (SSSR count). The highest BCUT2D eigenvalue weighted by molar-refractivity contribution is 7.94. The van der Waals surface area contributed by atoms with Gasteiger partial charge in [0.05, 0.1) is 11.9 Å². The summed E-state index contributed by atoms with van der Waals surface area (Å²) in [6, 6.07) is 0. The molecule has 0 aliphatic carbocycles. The maximum Gasteiger partial charge on any atom is 0.174 e. The van der Waals surface area contributed by atoms with Crippen LogP contribution in [0.4, 0.5) is 0 Å². The molecule has 0 fully saturated rings. The van der Waals surface area contributed by atoms with Gasteiger partial charge in [-0.3, -0.25) is 0 Å². The summed E-state index contributed by atoms with van der Waals surface area (Å²) in [5.74, 6) is -0.140. The van der Waals surface area contributed by atoms with Gasteiger partial charge < -0.3 is 5.11 Å². The summed E-state index contributed by atoms with van der Waals surface area (Å²) in [4.78, 5) is 0. The van der Waals surface area contributed by atoms with E-state index in [0.29, 0.717) is 5.57 Å². The van der Waals surface area contributed by atoms with Crippen LogP contribution < -0.4 is 0 Å². The van der Waals surface area contributed by atoms with E-state index in [4.69, 9.17) is 5.11 Å². The Morgan fingerprint density at radius 3 is 2.44 bits per heavy atom. The van der Waals surface area contributed by atoms with E-state index >= 15 is 0 Å². The summed E-state index contributed by atoms with van der Waals surface area (Å²) < 4.78 is 21.2. The van der Waals surface area contributed by atoms with Gasteiger partial charge in [-0.15, -0.1) is 0 Å². The Labute approximate surface area is 53.9 Å². The number of sulfone groups is 1. The number of hydrogen-bond donors (Lipinski definition) is 1. The zero-order valence-electron chi connectivity index (χ0n) is 5.03. The topological polar surface area (TPSA) is 54.4 Å². The minimum atomic E-state index is -3.06. The second kappa shape index (κ2) is 1.82. The number of rotatable bonds is 0. The second-order valence-electron chi connectivity index (χ2n) is 2.21. The summed E-state index contributed by atoms with van der Waals surface area (Å²) >= 11 is 0. The summed E-state index contributed by atoms with van der Waals surface area (Å²) in [5.41, 5.74) is 0.537. The van der Waals surface area contributed by atoms with Crippen molar-refractivity contribution in [3.63, 3.8) is 0 Å². The Balaban J connectivity index is 3.01. The SMILES string of the molecule is CC1=CS(=O)(=O)CC1O. The van der Waals surface area contributed by atoms with E-state index in [2.05, 4.69) is 0 Å². The van der Waals surface area contributed by atoms with E-state index in [0.717, 1.165) is 5.41 Å². The molecule has 52 valence electrons. The molecule has 1 aliphatic heterocycles. The molecule has 0 saturated carbocycles. The van der Waals surface area contributed by atoms with Crippen molar-refractivity contribution in [1.82, 2.24) is 0 Å². The van der Waals surface area contributed by atoms with E-state index in [-0.39, 0.29) is 5.75 Å². The highest BCUT2D eigenvalue weighted by Gasteiger charge is 2.24. The van der Waals surface area contributed by atoms with Gasteiger partial charge in [0.1, 0.15) is 0 Å². The Bertz CT molecular complexity index is 237. The molecule has 1 heterocycles. The predicted molar refractivity (Wildman–Crippen MR) is 33.6 cm³/mol. The van der Waals surface area contributed by atoms with Crippen molar-refractivity contribution >= 4 is 9.84 Å². The lowest BCUT2D eigenvalue weighted by molar-refractivity contribution is 0.237. The normalized spacial score (nSPS) is 32.2. The van der Waals surface area contributed by atoms with Crippen LogP contribution in [0.2, 0.25) is 0 Å². The molecule has 0 bridgehead atoms. The molecular formula is C5H8O3S. The smallest absolute Gasteiger partial charge is 0.174 e. The average molecular weight is 148 g/mol. The van der Waals surface area contributed by atoms with Crippen molar-refractivity contribution in [2.75, 3.05) is 5.75 Å². The monoisotopic (exact) mass is 148 g/mol. The molecule has 0 spiro atoms. The minimum absolute atomic E-state index is 0.140. The molecule has 0 aromatic carbocycles. The van der Waals surface area contributed by atoms with Crippen LogP contribution in [0.3, 0.4) is 0 Å². The highest BCUT2D eigenvalue weighted by atomic mass is 32.2. The summed E-state index contributed by atoms with van der Waals surface area (Å²) in [6.07, 6.45) is -0.769. The first-order chi connectivity index (χ1) is 4.01. The van der Waals surface area contributed by atoms with Crippen molar-refractivity contribution in [3.05, 3.63) is 11.0 Å². The van der Waals surface area contributed by atoms with Gasteiger partial charge in [-0.1, -0.05) is 0 Å².